The number of aromatic amines is 1. The number of halogens is 3. The second kappa shape index (κ2) is 6.15. The van der Waals surface area contributed by atoms with Gasteiger partial charge in [-0.2, -0.15) is 13.2 Å². The predicted molar refractivity (Wildman–Crippen MR) is 82.8 cm³/mol. The molecule has 122 valence electrons. The van der Waals surface area contributed by atoms with E-state index in [1.54, 1.807) is 30.3 Å². The minimum Gasteiger partial charge on any atom is -0.324 e. The van der Waals surface area contributed by atoms with E-state index in [4.69, 9.17) is 0 Å². The van der Waals surface area contributed by atoms with Crippen molar-refractivity contribution in [2.45, 2.75) is 6.18 Å². The Kier molecular flexibility index (Phi) is 4.03. The highest BCUT2D eigenvalue weighted by Crippen LogP contribution is 2.31. The standard InChI is InChI=1S/C16H11F3N4O/c17-16(18,19)11-7-4-8-12(9-11)20-15-21-14(24)13(22-23-15)10-5-2-1-3-6-10/h1-9H,(H2,20,21,23,24). The lowest BCUT2D eigenvalue weighted by Crippen LogP contribution is -2.15. The molecule has 1 aromatic heterocycles. The van der Waals surface area contributed by atoms with Gasteiger partial charge in [-0.3, -0.25) is 9.78 Å². The molecule has 0 atom stereocenters. The van der Waals surface area contributed by atoms with Crippen LogP contribution >= 0.6 is 0 Å². The number of benzene rings is 2. The lowest BCUT2D eigenvalue weighted by molar-refractivity contribution is -0.137. The first-order chi connectivity index (χ1) is 11.4. The quantitative estimate of drug-likeness (QED) is 0.769. The fraction of sp³-hybridized carbons (Fsp3) is 0.0625. The van der Waals surface area contributed by atoms with E-state index in [-0.39, 0.29) is 17.3 Å². The van der Waals surface area contributed by atoms with Crippen LogP contribution in [-0.2, 0) is 6.18 Å². The van der Waals surface area contributed by atoms with Crippen LogP contribution in [0.25, 0.3) is 11.3 Å². The highest BCUT2D eigenvalue weighted by Gasteiger charge is 2.30. The number of nitrogens with zero attached hydrogens (tertiary/aromatic N) is 2. The first-order valence-electron chi connectivity index (χ1n) is 6.90. The zero-order valence-corrected chi connectivity index (χ0v) is 12.1. The summed E-state index contributed by atoms with van der Waals surface area (Å²) in [4.78, 5) is 14.5. The Hall–Kier alpha value is -3.16. The molecule has 0 aliphatic carbocycles. The fourth-order valence-corrected chi connectivity index (χ4v) is 2.09. The molecular formula is C16H11F3N4O. The largest absolute Gasteiger partial charge is 0.416 e. The maximum atomic E-state index is 12.7. The Morgan fingerprint density at radius 3 is 2.38 bits per heavy atom. The number of anilines is 2. The van der Waals surface area contributed by atoms with E-state index in [1.807, 2.05) is 0 Å². The summed E-state index contributed by atoms with van der Waals surface area (Å²) in [5.74, 6) is -0.0426. The number of hydrogen-bond acceptors (Lipinski definition) is 4. The second-order valence-electron chi connectivity index (χ2n) is 4.92. The van der Waals surface area contributed by atoms with Crippen molar-refractivity contribution in [3.8, 4) is 11.3 Å². The summed E-state index contributed by atoms with van der Waals surface area (Å²) in [6.07, 6.45) is -4.45. The molecule has 2 N–H and O–H groups in total. The number of rotatable bonds is 3. The van der Waals surface area contributed by atoms with Crippen molar-refractivity contribution >= 4 is 11.6 Å². The third-order valence-electron chi connectivity index (χ3n) is 3.20. The van der Waals surface area contributed by atoms with Gasteiger partial charge in [0, 0.05) is 11.3 Å². The van der Waals surface area contributed by atoms with Crippen LogP contribution in [0.4, 0.5) is 24.8 Å². The SMILES string of the molecule is O=c1[nH]c(Nc2cccc(C(F)(F)F)c2)nnc1-c1ccccc1. The molecule has 0 saturated carbocycles. The molecule has 3 aromatic rings. The summed E-state index contributed by atoms with van der Waals surface area (Å²) in [6.45, 7) is 0. The van der Waals surface area contributed by atoms with Gasteiger partial charge in [0.25, 0.3) is 5.56 Å². The molecule has 0 saturated heterocycles. The van der Waals surface area contributed by atoms with Crippen molar-refractivity contribution in [2.75, 3.05) is 5.32 Å². The Bertz CT molecular complexity index is 907. The molecule has 0 radical (unpaired) electrons. The van der Waals surface area contributed by atoms with Crippen molar-refractivity contribution in [3.05, 3.63) is 70.5 Å². The zero-order valence-electron chi connectivity index (χ0n) is 12.1. The van der Waals surface area contributed by atoms with Gasteiger partial charge in [0.05, 0.1) is 5.56 Å². The maximum absolute atomic E-state index is 12.7. The second-order valence-corrected chi connectivity index (χ2v) is 4.92. The lowest BCUT2D eigenvalue weighted by atomic mass is 10.2. The lowest BCUT2D eigenvalue weighted by Gasteiger charge is -2.09. The van der Waals surface area contributed by atoms with Crippen LogP contribution < -0.4 is 10.9 Å². The Morgan fingerprint density at radius 2 is 1.71 bits per heavy atom. The fourth-order valence-electron chi connectivity index (χ4n) is 2.09. The van der Waals surface area contributed by atoms with Gasteiger partial charge >= 0.3 is 6.18 Å². The highest BCUT2D eigenvalue weighted by molar-refractivity contribution is 5.59. The van der Waals surface area contributed by atoms with E-state index in [0.717, 1.165) is 12.1 Å². The molecular weight excluding hydrogens is 321 g/mol. The maximum Gasteiger partial charge on any atom is 0.416 e. The van der Waals surface area contributed by atoms with Gasteiger partial charge in [-0.05, 0) is 18.2 Å². The van der Waals surface area contributed by atoms with Crippen molar-refractivity contribution in [2.24, 2.45) is 0 Å². The normalized spacial score (nSPS) is 11.3. The van der Waals surface area contributed by atoms with Crippen molar-refractivity contribution < 1.29 is 13.2 Å². The van der Waals surface area contributed by atoms with Gasteiger partial charge in [-0.15, -0.1) is 10.2 Å². The van der Waals surface area contributed by atoms with E-state index >= 15 is 0 Å². The molecule has 24 heavy (non-hydrogen) atoms. The smallest absolute Gasteiger partial charge is 0.324 e. The highest BCUT2D eigenvalue weighted by atomic mass is 19.4. The average molecular weight is 332 g/mol. The van der Waals surface area contributed by atoms with E-state index < -0.39 is 17.3 Å². The summed E-state index contributed by atoms with van der Waals surface area (Å²) in [5, 5.41) is 10.2. The summed E-state index contributed by atoms with van der Waals surface area (Å²) in [5.41, 5.74) is -0.432. The number of alkyl halides is 3. The van der Waals surface area contributed by atoms with Crippen LogP contribution in [0.2, 0.25) is 0 Å². The molecule has 0 fully saturated rings. The summed E-state index contributed by atoms with van der Waals surface area (Å²) in [7, 11) is 0. The van der Waals surface area contributed by atoms with Gasteiger partial charge in [0.1, 0.15) is 0 Å². The first kappa shape index (κ1) is 15.7. The van der Waals surface area contributed by atoms with Gasteiger partial charge in [0.2, 0.25) is 5.95 Å². The zero-order chi connectivity index (χ0) is 17.2. The Labute approximate surface area is 134 Å². The molecule has 1 heterocycles. The molecule has 0 bridgehead atoms. The van der Waals surface area contributed by atoms with E-state index in [2.05, 4.69) is 20.5 Å². The average Bonchev–Trinajstić information content (AvgIpc) is 2.55. The third kappa shape index (κ3) is 3.43. The van der Waals surface area contributed by atoms with Crippen molar-refractivity contribution in [1.82, 2.24) is 15.2 Å². The topological polar surface area (TPSA) is 70.7 Å². The number of hydrogen-bond donors (Lipinski definition) is 2. The summed E-state index contributed by atoms with van der Waals surface area (Å²) in [6, 6.07) is 13.3. The molecule has 5 nitrogen and oxygen atoms in total. The third-order valence-corrected chi connectivity index (χ3v) is 3.20. The molecule has 8 heteroatoms. The van der Waals surface area contributed by atoms with Gasteiger partial charge in [0.15, 0.2) is 5.69 Å². The van der Waals surface area contributed by atoms with Crippen molar-refractivity contribution in [1.29, 1.82) is 0 Å². The summed E-state index contributed by atoms with van der Waals surface area (Å²) < 4.78 is 38.1. The van der Waals surface area contributed by atoms with E-state index in [9.17, 15) is 18.0 Å². The van der Waals surface area contributed by atoms with E-state index in [0.29, 0.717) is 5.56 Å². The predicted octanol–water partition coefficient (Wildman–Crippen LogP) is 3.59. The van der Waals surface area contributed by atoms with Gasteiger partial charge < -0.3 is 5.32 Å². The van der Waals surface area contributed by atoms with Crippen LogP contribution in [0.5, 0.6) is 0 Å². The minimum absolute atomic E-state index is 0.0426. The first-order valence-corrected chi connectivity index (χ1v) is 6.90. The van der Waals surface area contributed by atoms with Crippen LogP contribution in [-0.4, -0.2) is 15.2 Å². The Morgan fingerprint density at radius 1 is 0.958 bits per heavy atom. The molecule has 0 aliphatic rings. The summed E-state index contributed by atoms with van der Waals surface area (Å²) >= 11 is 0. The van der Waals surface area contributed by atoms with Crippen LogP contribution in [0.15, 0.2) is 59.4 Å². The molecule has 0 spiro atoms. The molecule has 3 rings (SSSR count). The van der Waals surface area contributed by atoms with E-state index in [1.165, 1.54) is 12.1 Å². The van der Waals surface area contributed by atoms with Crippen molar-refractivity contribution in [3.63, 3.8) is 0 Å². The van der Waals surface area contributed by atoms with Crippen LogP contribution in [0, 0.1) is 0 Å². The molecule has 0 unspecified atom stereocenters. The monoisotopic (exact) mass is 332 g/mol. The van der Waals surface area contributed by atoms with Gasteiger partial charge in [-0.1, -0.05) is 36.4 Å². The molecule has 2 aromatic carbocycles. The van der Waals surface area contributed by atoms with Crippen LogP contribution in [0.1, 0.15) is 5.56 Å². The number of aromatic nitrogens is 3. The molecule has 0 aliphatic heterocycles. The van der Waals surface area contributed by atoms with Crippen LogP contribution in [0.3, 0.4) is 0 Å². The Balaban J connectivity index is 1.87. The molecule has 0 amide bonds. The van der Waals surface area contributed by atoms with Gasteiger partial charge in [-0.25, -0.2) is 0 Å². The minimum atomic E-state index is -4.45. The number of H-pyrrole nitrogens is 1. The number of nitrogens with one attached hydrogen (secondary N) is 2.